The number of nitrogens with zero attached hydrogens (tertiary/aromatic N) is 2. The summed E-state index contributed by atoms with van der Waals surface area (Å²) in [4.78, 5) is 44.4. The van der Waals surface area contributed by atoms with E-state index in [0.29, 0.717) is 32.9 Å². The maximum atomic E-state index is 14.1. The Labute approximate surface area is 321 Å². The number of aryl methyl sites for hydroxylation is 2. The van der Waals surface area contributed by atoms with Crippen molar-refractivity contribution in [1.82, 2.24) is 4.57 Å². The van der Waals surface area contributed by atoms with Gasteiger partial charge in [0.15, 0.2) is 5.78 Å². The predicted molar refractivity (Wildman–Crippen MR) is 216 cm³/mol. The van der Waals surface area contributed by atoms with Gasteiger partial charge in [0.25, 0.3) is 0 Å². The maximum absolute atomic E-state index is 14.1. The molecule has 0 saturated carbocycles. The Bertz CT molecular complexity index is 2190. The molecule has 55 heavy (non-hydrogen) atoms. The summed E-state index contributed by atoms with van der Waals surface area (Å²) in [5.74, 6) is -1.43. The molecule has 0 spiro atoms. The topological polar surface area (TPSA) is 149 Å². The SMILES string of the molecule is C=CCOP(=O)(CCC/C(=N/OC(C)=O)C(=O)c1ccc2c(c1)c1cc(C(=O)c3ccccc3C)ccc1n2CCP(=O)(OCC=C)OCC=C)OCC=C. The summed E-state index contributed by atoms with van der Waals surface area (Å²) in [6, 6.07) is 17.7. The standard InChI is InChI=1S/C41H46N2O10P2/c1-7-22-49-54(47,50-23-8-2)26-13-16-37(42-53-31(6)44)41(46)33-18-20-39-36(29-33)35-28-32(40(45)34-15-12-11-14-30(34)5)17-19-38(35)43(39)21-27-55(48,51-24-9-3)52-25-10-4/h7-12,14-15,17-20,28-29H,1-4,13,16,21-27H2,5-6H3/b42-37-. The molecule has 0 unspecified atom stereocenters. The summed E-state index contributed by atoms with van der Waals surface area (Å²) in [5, 5.41) is 5.16. The molecule has 14 heteroatoms. The lowest BCUT2D eigenvalue weighted by atomic mass is 9.97. The van der Waals surface area contributed by atoms with Crippen molar-refractivity contribution >= 4 is 60.2 Å². The third-order valence-corrected chi connectivity index (χ3v) is 12.1. The van der Waals surface area contributed by atoms with Gasteiger partial charge in [0.1, 0.15) is 5.71 Å². The number of hydrogen-bond donors (Lipinski definition) is 0. The van der Waals surface area contributed by atoms with Gasteiger partial charge in [-0.2, -0.15) is 0 Å². The van der Waals surface area contributed by atoms with E-state index in [4.69, 9.17) is 22.9 Å². The van der Waals surface area contributed by atoms with E-state index in [2.05, 4.69) is 31.5 Å². The zero-order valence-corrected chi connectivity index (χ0v) is 32.9. The molecule has 0 bridgehead atoms. The molecule has 1 heterocycles. The first-order chi connectivity index (χ1) is 26.4. The molecule has 290 valence electrons. The second-order valence-corrected chi connectivity index (χ2v) is 16.7. The molecule has 0 saturated heterocycles. The van der Waals surface area contributed by atoms with Crippen molar-refractivity contribution < 1.29 is 46.4 Å². The Hall–Kier alpha value is -4.80. The van der Waals surface area contributed by atoms with Crippen LogP contribution in [-0.4, -0.2) is 66.6 Å². The summed E-state index contributed by atoms with van der Waals surface area (Å²) in [7, 11) is -7.16. The van der Waals surface area contributed by atoms with Crippen molar-refractivity contribution in [2.45, 2.75) is 33.2 Å². The Balaban J connectivity index is 1.78. The molecule has 3 aromatic carbocycles. The van der Waals surface area contributed by atoms with Crippen molar-refractivity contribution in [2.75, 3.05) is 38.8 Å². The lowest BCUT2D eigenvalue weighted by molar-refractivity contribution is -0.140. The zero-order chi connectivity index (χ0) is 40.0. The fourth-order valence-corrected chi connectivity index (χ4v) is 8.74. The normalized spacial score (nSPS) is 12.1. The molecule has 12 nitrogen and oxygen atoms in total. The molecule has 4 rings (SSSR count). The highest BCUT2D eigenvalue weighted by molar-refractivity contribution is 7.54. The molecule has 1 aromatic heterocycles. The highest BCUT2D eigenvalue weighted by Crippen LogP contribution is 2.50. The van der Waals surface area contributed by atoms with Gasteiger partial charge in [-0.15, -0.1) is 26.3 Å². The summed E-state index contributed by atoms with van der Waals surface area (Å²) in [6.45, 7) is 17.7. The molecular formula is C41H46N2O10P2. The fourth-order valence-electron chi connectivity index (χ4n) is 5.76. The first kappa shape index (κ1) is 42.9. The monoisotopic (exact) mass is 788 g/mol. The van der Waals surface area contributed by atoms with Gasteiger partial charge < -0.3 is 27.5 Å². The minimum Gasteiger partial charge on any atom is -0.340 e. The second-order valence-electron chi connectivity index (χ2n) is 12.3. The average molecular weight is 789 g/mol. The van der Waals surface area contributed by atoms with E-state index in [1.165, 1.54) is 24.3 Å². The van der Waals surface area contributed by atoms with E-state index in [1.54, 1.807) is 42.5 Å². The highest BCUT2D eigenvalue weighted by atomic mass is 31.2. The number of carbonyl (C=O) groups is 3. The van der Waals surface area contributed by atoms with Crippen LogP contribution in [-0.2, 0) is 43.4 Å². The number of aromatic nitrogens is 1. The third-order valence-electron chi connectivity index (χ3n) is 8.32. The molecule has 0 atom stereocenters. The molecule has 0 aliphatic heterocycles. The smallest absolute Gasteiger partial charge is 0.333 e. The highest BCUT2D eigenvalue weighted by Gasteiger charge is 2.27. The van der Waals surface area contributed by atoms with Gasteiger partial charge in [-0.25, -0.2) is 4.79 Å². The lowest BCUT2D eigenvalue weighted by Gasteiger charge is -2.18. The van der Waals surface area contributed by atoms with Crippen molar-refractivity contribution in [3.05, 3.63) is 134 Å². The molecular weight excluding hydrogens is 742 g/mol. The summed E-state index contributed by atoms with van der Waals surface area (Å²) in [6.07, 6.45) is 5.94. The van der Waals surface area contributed by atoms with Crippen LogP contribution in [0.1, 0.15) is 51.6 Å². The molecule has 0 aliphatic carbocycles. The predicted octanol–water partition coefficient (Wildman–Crippen LogP) is 9.41. The van der Waals surface area contributed by atoms with Crippen molar-refractivity contribution in [1.29, 1.82) is 0 Å². The fraction of sp³-hybridized carbons (Fsp3) is 0.268. The van der Waals surface area contributed by atoms with E-state index in [1.807, 2.05) is 29.7 Å². The van der Waals surface area contributed by atoms with E-state index >= 15 is 0 Å². The van der Waals surface area contributed by atoms with Crippen LogP contribution in [0.4, 0.5) is 0 Å². The number of fused-ring (bicyclic) bond motifs is 3. The summed E-state index contributed by atoms with van der Waals surface area (Å²) >= 11 is 0. The van der Waals surface area contributed by atoms with E-state index in [9.17, 15) is 23.5 Å². The van der Waals surface area contributed by atoms with Crippen LogP contribution in [0.3, 0.4) is 0 Å². The van der Waals surface area contributed by atoms with Gasteiger partial charge in [0, 0.05) is 52.0 Å². The van der Waals surface area contributed by atoms with Crippen LogP contribution in [0, 0.1) is 6.92 Å². The Kier molecular flexibility index (Phi) is 15.8. The number of rotatable bonds is 24. The van der Waals surface area contributed by atoms with Crippen molar-refractivity contribution in [3.63, 3.8) is 0 Å². The Morgan fingerprint density at radius 1 is 0.727 bits per heavy atom. The van der Waals surface area contributed by atoms with Crippen LogP contribution in [0.5, 0.6) is 0 Å². The van der Waals surface area contributed by atoms with Crippen molar-refractivity contribution in [3.8, 4) is 0 Å². The van der Waals surface area contributed by atoms with Crippen LogP contribution in [0.2, 0.25) is 0 Å². The minimum absolute atomic E-state index is 0.00508. The van der Waals surface area contributed by atoms with E-state index in [-0.39, 0.29) is 75.2 Å². The largest absolute Gasteiger partial charge is 0.340 e. The molecule has 0 fully saturated rings. The maximum Gasteiger partial charge on any atom is 0.333 e. The van der Waals surface area contributed by atoms with Gasteiger partial charge >= 0.3 is 21.2 Å². The minimum atomic E-state index is -3.59. The first-order valence-corrected chi connectivity index (χ1v) is 21.0. The zero-order valence-electron chi connectivity index (χ0n) is 31.1. The Morgan fingerprint density at radius 2 is 1.24 bits per heavy atom. The summed E-state index contributed by atoms with van der Waals surface area (Å²) in [5.41, 5.74) is 3.34. The number of Topliss-reactive ketones (excluding diaryl/α,β-unsaturated/α-hetero) is 1. The van der Waals surface area contributed by atoms with Gasteiger partial charge in [-0.1, -0.05) is 53.7 Å². The van der Waals surface area contributed by atoms with Gasteiger partial charge in [0.05, 0.1) is 38.8 Å². The van der Waals surface area contributed by atoms with Crippen LogP contribution >= 0.6 is 15.2 Å². The van der Waals surface area contributed by atoms with Crippen molar-refractivity contribution in [2.24, 2.45) is 5.16 Å². The van der Waals surface area contributed by atoms with Crippen LogP contribution < -0.4 is 0 Å². The molecule has 0 amide bonds. The molecule has 0 N–H and O–H groups in total. The number of benzene rings is 3. The molecule has 4 aromatic rings. The summed E-state index contributed by atoms with van der Waals surface area (Å²) < 4.78 is 50.9. The van der Waals surface area contributed by atoms with E-state index < -0.39 is 26.9 Å². The van der Waals surface area contributed by atoms with E-state index in [0.717, 1.165) is 12.5 Å². The average Bonchev–Trinajstić information content (AvgIpc) is 3.50. The number of hydrogen-bond acceptors (Lipinski definition) is 11. The van der Waals surface area contributed by atoms with Gasteiger partial charge in [-0.05, 0) is 61.7 Å². The number of oxime groups is 1. The first-order valence-electron chi connectivity index (χ1n) is 17.5. The third kappa shape index (κ3) is 11.4. The van der Waals surface area contributed by atoms with Gasteiger partial charge in [-0.3, -0.25) is 18.7 Å². The lowest BCUT2D eigenvalue weighted by Crippen LogP contribution is -2.17. The van der Waals surface area contributed by atoms with Crippen LogP contribution in [0.15, 0.2) is 116 Å². The van der Waals surface area contributed by atoms with Gasteiger partial charge in [0.2, 0.25) is 5.78 Å². The molecule has 0 radical (unpaired) electrons. The number of carbonyl (C=O) groups excluding carboxylic acids is 3. The molecule has 0 aliphatic rings. The second kappa shape index (κ2) is 20.2. The Morgan fingerprint density at radius 3 is 1.76 bits per heavy atom. The van der Waals surface area contributed by atoms with Crippen LogP contribution in [0.25, 0.3) is 21.8 Å². The quantitative estimate of drug-likeness (QED) is 0.0168. The number of ketones is 2.